The van der Waals surface area contributed by atoms with E-state index >= 15 is 0 Å². The van der Waals surface area contributed by atoms with Crippen molar-refractivity contribution in [3.05, 3.63) is 66.4 Å². The number of aryl methyl sites for hydroxylation is 1. The summed E-state index contributed by atoms with van der Waals surface area (Å²) in [4.78, 5) is 9.48. The predicted octanol–water partition coefficient (Wildman–Crippen LogP) is 4.38. The van der Waals surface area contributed by atoms with E-state index < -0.39 is 0 Å². The van der Waals surface area contributed by atoms with Crippen LogP contribution in [-0.2, 0) is 6.42 Å². The second-order valence-corrected chi connectivity index (χ2v) is 6.22. The molecule has 0 spiro atoms. The molecule has 0 aliphatic heterocycles. The van der Waals surface area contributed by atoms with E-state index in [4.69, 9.17) is 0 Å². The zero-order valence-corrected chi connectivity index (χ0v) is 14.1. The predicted molar refractivity (Wildman–Crippen MR) is 96.3 cm³/mol. The first kappa shape index (κ1) is 16.4. The van der Waals surface area contributed by atoms with Crippen molar-refractivity contribution in [3.63, 3.8) is 0 Å². The Morgan fingerprint density at radius 1 is 1.04 bits per heavy atom. The summed E-state index contributed by atoms with van der Waals surface area (Å²) in [5, 5.41) is 0. The summed E-state index contributed by atoms with van der Waals surface area (Å²) in [6.45, 7) is 0.953. The summed E-state index contributed by atoms with van der Waals surface area (Å²) >= 11 is 0. The van der Waals surface area contributed by atoms with Gasteiger partial charge >= 0.3 is 0 Å². The summed E-state index contributed by atoms with van der Waals surface area (Å²) < 4.78 is 14.1. The van der Waals surface area contributed by atoms with Gasteiger partial charge in [0, 0.05) is 24.2 Å². The Morgan fingerprint density at radius 3 is 2.58 bits per heavy atom. The van der Waals surface area contributed by atoms with E-state index in [-0.39, 0.29) is 5.82 Å². The Kier molecular flexibility index (Phi) is 5.06. The maximum absolute atomic E-state index is 14.1. The molecule has 124 valence electrons. The van der Waals surface area contributed by atoms with Gasteiger partial charge in [0.05, 0.1) is 5.69 Å². The van der Waals surface area contributed by atoms with Crippen LogP contribution in [0.1, 0.15) is 12.0 Å². The zero-order valence-electron chi connectivity index (χ0n) is 14.1. The van der Waals surface area contributed by atoms with Gasteiger partial charge in [-0.1, -0.05) is 0 Å². The van der Waals surface area contributed by atoms with Gasteiger partial charge in [-0.25, -0.2) is 4.39 Å². The normalized spacial score (nSPS) is 11.2. The van der Waals surface area contributed by atoms with Gasteiger partial charge in [0.25, 0.3) is 0 Å². The topological polar surface area (TPSA) is 31.9 Å². The molecule has 24 heavy (non-hydrogen) atoms. The second-order valence-electron chi connectivity index (χ2n) is 6.22. The number of hydrogen-bond acceptors (Lipinski definition) is 2. The Labute approximate surface area is 142 Å². The van der Waals surface area contributed by atoms with E-state index in [0.717, 1.165) is 47.3 Å². The van der Waals surface area contributed by atoms with Crippen LogP contribution < -0.4 is 0 Å². The molecule has 0 saturated heterocycles. The fraction of sp³-hybridized carbons (Fsp3) is 0.250. The molecule has 3 aromatic rings. The number of hydrogen-bond donors (Lipinski definition) is 1. The molecule has 3 rings (SSSR count). The van der Waals surface area contributed by atoms with Crippen LogP contribution in [0, 0.1) is 5.82 Å². The van der Waals surface area contributed by atoms with E-state index in [1.54, 1.807) is 18.5 Å². The molecule has 0 fully saturated rings. The van der Waals surface area contributed by atoms with Crippen LogP contribution >= 0.6 is 0 Å². The number of aromatic amines is 1. The SMILES string of the molecule is CN(C)CCCc1cc(-c2[nH]ccc2-c2ccncc2)ccc1F. The Hall–Kier alpha value is -2.46. The Morgan fingerprint density at radius 2 is 1.83 bits per heavy atom. The van der Waals surface area contributed by atoms with E-state index in [1.807, 2.05) is 50.6 Å². The summed E-state index contributed by atoms with van der Waals surface area (Å²) in [5.41, 5.74) is 4.98. The summed E-state index contributed by atoms with van der Waals surface area (Å²) in [7, 11) is 4.07. The van der Waals surface area contributed by atoms with Crippen LogP contribution in [0.25, 0.3) is 22.4 Å². The summed E-state index contributed by atoms with van der Waals surface area (Å²) in [6, 6.07) is 11.4. The van der Waals surface area contributed by atoms with Crippen molar-refractivity contribution >= 4 is 0 Å². The monoisotopic (exact) mass is 323 g/mol. The van der Waals surface area contributed by atoms with Crippen LogP contribution in [0.15, 0.2) is 55.0 Å². The highest BCUT2D eigenvalue weighted by molar-refractivity contribution is 5.81. The minimum atomic E-state index is -0.130. The number of aromatic nitrogens is 2. The van der Waals surface area contributed by atoms with Crippen LogP contribution in [0.2, 0.25) is 0 Å². The van der Waals surface area contributed by atoms with Crippen molar-refractivity contribution in [1.29, 1.82) is 0 Å². The molecule has 0 unspecified atom stereocenters. The molecule has 0 saturated carbocycles. The number of pyridine rings is 1. The van der Waals surface area contributed by atoms with Gasteiger partial charge in [-0.2, -0.15) is 0 Å². The lowest BCUT2D eigenvalue weighted by atomic mass is 9.99. The molecular weight excluding hydrogens is 301 g/mol. The lowest BCUT2D eigenvalue weighted by Gasteiger charge is -2.11. The number of rotatable bonds is 6. The molecule has 1 N–H and O–H groups in total. The molecule has 2 aromatic heterocycles. The molecule has 0 aliphatic rings. The third-order valence-electron chi connectivity index (χ3n) is 4.12. The minimum Gasteiger partial charge on any atom is -0.361 e. The number of H-pyrrole nitrogens is 1. The van der Waals surface area contributed by atoms with E-state index in [9.17, 15) is 4.39 Å². The average molecular weight is 323 g/mol. The van der Waals surface area contributed by atoms with E-state index in [2.05, 4.69) is 14.9 Å². The fourth-order valence-corrected chi connectivity index (χ4v) is 2.89. The quantitative estimate of drug-likeness (QED) is 0.730. The third kappa shape index (κ3) is 3.71. The highest BCUT2D eigenvalue weighted by Gasteiger charge is 2.11. The lowest BCUT2D eigenvalue weighted by molar-refractivity contribution is 0.399. The van der Waals surface area contributed by atoms with Gasteiger partial charge in [0.2, 0.25) is 0 Å². The third-order valence-corrected chi connectivity index (χ3v) is 4.12. The first-order chi connectivity index (χ1) is 11.6. The average Bonchev–Trinajstić information content (AvgIpc) is 3.07. The van der Waals surface area contributed by atoms with E-state index in [0.29, 0.717) is 0 Å². The van der Waals surface area contributed by atoms with Crippen molar-refractivity contribution in [3.8, 4) is 22.4 Å². The van der Waals surface area contributed by atoms with Crippen molar-refractivity contribution in [2.45, 2.75) is 12.8 Å². The van der Waals surface area contributed by atoms with Gasteiger partial charge in [-0.05, 0) is 86.6 Å². The maximum atomic E-state index is 14.1. The van der Waals surface area contributed by atoms with Gasteiger partial charge in [0.15, 0.2) is 0 Å². The van der Waals surface area contributed by atoms with Gasteiger partial charge in [-0.15, -0.1) is 0 Å². The van der Waals surface area contributed by atoms with Crippen molar-refractivity contribution in [2.75, 3.05) is 20.6 Å². The molecule has 2 heterocycles. The molecule has 0 bridgehead atoms. The largest absolute Gasteiger partial charge is 0.361 e. The molecule has 4 heteroatoms. The molecule has 0 radical (unpaired) electrons. The molecule has 3 nitrogen and oxygen atoms in total. The van der Waals surface area contributed by atoms with Crippen LogP contribution in [0.3, 0.4) is 0 Å². The number of nitrogens with zero attached hydrogens (tertiary/aromatic N) is 2. The van der Waals surface area contributed by atoms with Gasteiger partial charge in [0.1, 0.15) is 5.82 Å². The smallest absolute Gasteiger partial charge is 0.126 e. The fourth-order valence-electron chi connectivity index (χ4n) is 2.89. The molecule has 1 aromatic carbocycles. The highest BCUT2D eigenvalue weighted by Crippen LogP contribution is 2.31. The van der Waals surface area contributed by atoms with Crippen molar-refractivity contribution in [1.82, 2.24) is 14.9 Å². The van der Waals surface area contributed by atoms with Crippen LogP contribution in [0.5, 0.6) is 0 Å². The first-order valence-electron chi connectivity index (χ1n) is 8.16. The lowest BCUT2D eigenvalue weighted by Crippen LogP contribution is -2.13. The molecular formula is C20H22FN3. The van der Waals surface area contributed by atoms with Crippen LogP contribution in [-0.4, -0.2) is 35.5 Å². The second kappa shape index (κ2) is 7.41. The summed E-state index contributed by atoms with van der Waals surface area (Å²) in [5.74, 6) is -0.130. The standard InChI is InChI=1S/C20H22FN3/c1-24(2)13-3-4-16-14-17(5-6-19(16)21)20-18(9-12-23-20)15-7-10-22-11-8-15/h5-12,14,23H,3-4,13H2,1-2H3. The van der Waals surface area contributed by atoms with Crippen molar-refractivity contribution < 1.29 is 4.39 Å². The number of nitrogens with one attached hydrogen (secondary N) is 1. The highest BCUT2D eigenvalue weighted by atomic mass is 19.1. The zero-order chi connectivity index (χ0) is 16.9. The molecule has 0 aliphatic carbocycles. The Bertz CT molecular complexity index is 794. The summed E-state index contributed by atoms with van der Waals surface area (Å²) in [6.07, 6.45) is 7.16. The van der Waals surface area contributed by atoms with Crippen molar-refractivity contribution in [2.24, 2.45) is 0 Å². The first-order valence-corrected chi connectivity index (χ1v) is 8.16. The molecule has 0 atom stereocenters. The van der Waals surface area contributed by atoms with Gasteiger partial charge in [-0.3, -0.25) is 4.98 Å². The number of halogens is 1. The van der Waals surface area contributed by atoms with E-state index in [1.165, 1.54) is 0 Å². The molecule has 0 amide bonds. The maximum Gasteiger partial charge on any atom is 0.126 e. The number of benzene rings is 1. The van der Waals surface area contributed by atoms with Gasteiger partial charge < -0.3 is 9.88 Å². The Balaban J connectivity index is 1.90. The van der Waals surface area contributed by atoms with Crippen LogP contribution in [0.4, 0.5) is 4.39 Å². The minimum absolute atomic E-state index is 0.130.